The van der Waals surface area contributed by atoms with Crippen molar-refractivity contribution in [3.63, 3.8) is 0 Å². The molecular weight excluding hydrogens is 154 g/mol. The summed E-state index contributed by atoms with van der Waals surface area (Å²) in [7, 11) is -2.41. The first-order valence-corrected chi connectivity index (χ1v) is 4.42. The Morgan fingerprint density at radius 1 is 1.60 bits per heavy atom. The molecule has 0 aromatic rings. The topological polar surface area (TPSA) is 57.5 Å². The molecule has 0 spiro atoms. The summed E-state index contributed by atoms with van der Waals surface area (Å²) in [6.07, 6.45) is 0.378. The molecule has 0 rings (SSSR count). The molecule has 1 radical (unpaired) electrons. The van der Waals surface area contributed by atoms with Crippen LogP contribution in [0, 0.1) is 0 Å². The predicted molar refractivity (Wildman–Crippen MR) is 37.8 cm³/mol. The van der Waals surface area contributed by atoms with Gasteiger partial charge in [0.25, 0.3) is 0 Å². The molecule has 0 heterocycles. The lowest BCUT2D eigenvalue weighted by molar-refractivity contribution is 0.221. The molecule has 0 N–H and O–H groups in total. The standard InChI is InChI=1S/C5H12NO3S/c1-4-5(2)9-10(7,8)6-3/h5H,4H2,1-3H3. The zero-order valence-electron chi connectivity index (χ0n) is 6.36. The SMILES string of the molecule is CCC(C)OS(=O)(=O)[N]C. The van der Waals surface area contributed by atoms with Gasteiger partial charge in [-0.1, -0.05) is 11.6 Å². The van der Waals surface area contributed by atoms with Gasteiger partial charge >= 0.3 is 10.3 Å². The summed E-state index contributed by atoms with van der Waals surface area (Å²) >= 11 is 0. The van der Waals surface area contributed by atoms with Crippen LogP contribution < -0.4 is 4.72 Å². The molecular formula is C5H12NO3S. The first-order valence-electron chi connectivity index (χ1n) is 3.06. The van der Waals surface area contributed by atoms with Gasteiger partial charge in [0.15, 0.2) is 0 Å². The molecule has 5 heteroatoms. The Balaban J connectivity index is 3.90. The van der Waals surface area contributed by atoms with Crippen LogP contribution in [0.2, 0.25) is 0 Å². The molecule has 0 bridgehead atoms. The van der Waals surface area contributed by atoms with Crippen molar-refractivity contribution in [2.75, 3.05) is 7.05 Å². The lowest BCUT2D eigenvalue weighted by Crippen LogP contribution is -2.20. The van der Waals surface area contributed by atoms with E-state index in [0.29, 0.717) is 6.42 Å². The fraction of sp³-hybridized carbons (Fsp3) is 1.00. The van der Waals surface area contributed by atoms with E-state index in [1.54, 1.807) is 6.92 Å². The Labute approximate surface area is 61.8 Å². The highest BCUT2D eigenvalue weighted by molar-refractivity contribution is 7.84. The molecule has 1 atom stereocenters. The van der Waals surface area contributed by atoms with Gasteiger partial charge in [0.05, 0.1) is 6.10 Å². The summed E-state index contributed by atoms with van der Waals surface area (Å²) in [5, 5.41) is 0. The molecule has 61 valence electrons. The van der Waals surface area contributed by atoms with Gasteiger partial charge in [-0.2, -0.15) is 8.42 Å². The molecule has 0 aromatic carbocycles. The monoisotopic (exact) mass is 166 g/mol. The second kappa shape index (κ2) is 3.90. The molecule has 4 nitrogen and oxygen atoms in total. The third-order valence-electron chi connectivity index (χ3n) is 1.08. The van der Waals surface area contributed by atoms with Crippen molar-refractivity contribution in [3.05, 3.63) is 0 Å². The van der Waals surface area contributed by atoms with Gasteiger partial charge in [-0.25, -0.2) is 0 Å². The molecule has 0 aromatic heterocycles. The van der Waals surface area contributed by atoms with Gasteiger partial charge in [0.1, 0.15) is 0 Å². The number of hydrogen-bond donors (Lipinski definition) is 0. The lowest BCUT2D eigenvalue weighted by Gasteiger charge is -2.07. The van der Waals surface area contributed by atoms with E-state index >= 15 is 0 Å². The zero-order chi connectivity index (χ0) is 8.20. The van der Waals surface area contributed by atoms with E-state index in [0.717, 1.165) is 0 Å². The molecule has 0 saturated carbocycles. The van der Waals surface area contributed by atoms with Crippen molar-refractivity contribution in [2.24, 2.45) is 0 Å². The molecule has 0 fully saturated rings. The van der Waals surface area contributed by atoms with Crippen molar-refractivity contribution < 1.29 is 12.6 Å². The van der Waals surface area contributed by atoms with Crippen molar-refractivity contribution in [1.29, 1.82) is 0 Å². The second-order valence-corrected chi connectivity index (χ2v) is 3.34. The fourth-order valence-electron chi connectivity index (χ4n) is 0.319. The minimum absolute atomic E-state index is 0.284. The van der Waals surface area contributed by atoms with Crippen LogP contribution in [0.15, 0.2) is 0 Å². The Kier molecular flexibility index (Phi) is 3.85. The van der Waals surface area contributed by atoms with Gasteiger partial charge in [0.2, 0.25) is 0 Å². The predicted octanol–water partition coefficient (Wildman–Crippen LogP) is 0.280. The van der Waals surface area contributed by atoms with Crippen LogP contribution in [-0.2, 0) is 14.5 Å². The molecule has 1 unspecified atom stereocenters. The fourth-order valence-corrected chi connectivity index (χ4v) is 0.956. The van der Waals surface area contributed by atoms with E-state index in [-0.39, 0.29) is 6.10 Å². The first-order chi connectivity index (χ1) is 4.52. The second-order valence-electron chi connectivity index (χ2n) is 1.93. The molecule has 0 aliphatic rings. The maximum absolute atomic E-state index is 10.6. The Hall–Kier alpha value is -0.130. The number of hydrogen-bond acceptors (Lipinski definition) is 3. The highest BCUT2D eigenvalue weighted by atomic mass is 32.2. The first kappa shape index (κ1) is 9.87. The largest absolute Gasteiger partial charge is 0.352 e. The van der Waals surface area contributed by atoms with Gasteiger partial charge in [-0.3, -0.25) is 4.18 Å². The van der Waals surface area contributed by atoms with Crippen molar-refractivity contribution in [2.45, 2.75) is 26.4 Å². The molecule has 10 heavy (non-hydrogen) atoms. The average Bonchev–Trinajstić information content (AvgIpc) is 1.87. The summed E-state index contributed by atoms with van der Waals surface area (Å²) in [6, 6.07) is 0. The van der Waals surface area contributed by atoms with Crippen molar-refractivity contribution in [1.82, 2.24) is 4.72 Å². The summed E-state index contributed by atoms with van der Waals surface area (Å²) in [5.41, 5.74) is 0. The van der Waals surface area contributed by atoms with Gasteiger partial charge in [-0.05, 0) is 13.3 Å². The van der Waals surface area contributed by atoms with E-state index in [9.17, 15) is 8.42 Å². The smallest absolute Gasteiger partial charge is 0.254 e. The molecule has 0 aliphatic heterocycles. The van der Waals surface area contributed by atoms with Gasteiger partial charge in [0, 0.05) is 7.05 Å². The van der Waals surface area contributed by atoms with E-state index in [2.05, 4.69) is 8.91 Å². The van der Waals surface area contributed by atoms with Gasteiger partial charge in [-0.15, -0.1) is 0 Å². The van der Waals surface area contributed by atoms with E-state index in [4.69, 9.17) is 0 Å². The van der Waals surface area contributed by atoms with E-state index in [1.165, 1.54) is 7.05 Å². The van der Waals surface area contributed by atoms with Crippen LogP contribution in [0.5, 0.6) is 0 Å². The minimum atomic E-state index is -3.61. The van der Waals surface area contributed by atoms with E-state index in [1.807, 2.05) is 6.92 Å². The van der Waals surface area contributed by atoms with Crippen LogP contribution in [0.3, 0.4) is 0 Å². The summed E-state index contributed by atoms with van der Waals surface area (Å²) in [6.45, 7) is 3.53. The van der Waals surface area contributed by atoms with Crippen molar-refractivity contribution >= 4 is 10.3 Å². The summed E-state index contributed by atoms with van der Waals surface area (Å²) in [4.78, 5) is 0. The third kappa shape index (κ3) is 3.81. The van der Waals surface area contributed by atoms with Crippen LogP contribution in [0.1, 0.15) is 20.3 Å². The number of nitrogens with zero attached hydrogens (tertiary/aromatic N) is 1. The highest BCUT2D eigenvalue weighted by Gasteiger charge is 2.12. The number of rotatable bonds is 4. The third-order valence-corrected chi connectivity index (χ3v) is 2.10. The Bertz CT molecular complexity index is 175. The average molecular weight is 166 g/mol. The van der Waals surface area contributed by atoms with Crippen LogP contribution in [0.4, 0.5) is 0 Å². The quantitative estimate of drug-likeness (QED) is 0.602. The summed E-state index contributed by atoms with van der Waals surface area (Å²) in [5.74, 6) is 0. The van der Waals surface area contributed by atoms with Gasteiger partial charge < -0.3 is 0 Å². The van der Waals surface area contributed by atoms with Crippen LogP contribution >= 0.6 is 0 Å². The molecule has 0 saturated heterocycles. The zero-order valence-corrected chi connectivity index (χ0v) is 7.18. The maximum atomic E-state index is 10.6. The van der Waals surface area contributed by atoms with E-state index < -0.39 is 10.3 Å². The van der Waals surface area contributed by atoms with Crippen LogP contribution in [-0.4, -0.2) is 21.6 Å². The van der Waals surface area contributed by atoms with Crippen LogP contribution in [0.25, 0.3) is 0 Å². The molecule has 0 amide bonds. The Morgan fingerprint density at radius 3 is 2.40 bits per heavy atom. The normalized spacial score (nSPS) is 15.1. The minimum Gasteiger partial charge on any atom is -0.254 e. The van der Waals surface area contributed by atoms with Crippen molar-refractivity contribution in [3.8, 4) is 0 Å². The summed E-state index contributed by atoms with van der Waals surface area (Å²) < 4.78 is 28.8. The lowest BCUT2D eigenvalue weighted by atomic mass is 10.3. The molecule has 0 aliphatic carbocycles. The highest BCUT2D eigenvalue weighted by Crippen LogP contribution is 2.00. The Morgan fingerprint density at radius 2 is 2.10 bits per heavy atom. The maximum Gasteiger partial charge on any atom is 0.352 e.